The molecule has 1 aromatic carbocycles. The Morgan fingerprint density at radius 3 is 2.26 bits per heavy atom. The number of nitrogens with one attached hydrogen (secondary N) is 2. The quantitative estimate of drug-likeness (QED) is 0.858. The molecule has 0 aromatic heterocycles. The van der Waals surface area contributed by atoms with Gasteiger partial charge >= 0.3 is 0 Å². The highest BCUT2D eigenvalue weighted by Crippen LogP contribution is 2.31. The van der Waals surface area contributed by atoms with E-state index in [1.54, 1.807) is 14.2 Å². The maximum atomic E-state index is 5.42. The number of benzene rings is 1. The van der Waals surface area contributed by atoms with Crippen molar-refractivity contribution in [3.05, 3.63) is 18.2 Å². The predicted molar refractivity (Wildman–Crippen MR) is 78.3 cm³/mol. The van der Waals surface area contributed by atoms with Gasteiger partial charge in [-0.25, -0.2) is 0 Å². The van der Waals surface area contributed by atoms with Gasteiger partial charge < -0.3 is 20.1 Å². The van der Waals surface area contributed by atoms with E-state index in [1.807, 2.05) is 25.2 Å². The molecule has 0 heterocycles. The first-order valence-electron chi connectivity index (χ1n) is 6.92. The van der Waals surface area contributed by atoms with Crippen LogP contribution < -0.4 is 20.1 Å². The molecular weight excluding hydrogens is 240 g/mol. The molecule has 0 unspecified atom stereocenters. The molecule has 1 saturated carbocycles. The number of anilines is 1. The number of methoxy groups -OCH3 is 2. The summed E-state index contributed by atoms with van der Waals surface area (Å²) in [4.78, 5) is 0. The Kier molecular flexibility index (Phi) is 4.91. The largest absolute Gasteiger partial charge is 0.497 e. The Morgan fingerprint density at radius 2 is 1.68 bits per heavy atom. The first-order valence-corrected chi connectivity index (χ1v) is 6.92. The van der Waals surface area contributed by atoms with E-state index in [1.165, 1.54) is 25.7 Å². The molecule has 0 spiro atoms. The summed E-state index contributed by atoms with van der Waals surface area (Å²) in [6.07, 6.45) is 4.85. The molecule has 19 heavy (non-hydrogen) atoms. The van der Waals surface area contributed by atoms with Crippen LogP contribution in [0.5, 0.6) is 11.5 Å². The second-order valence-electron chi connectivity index (χ2n) is 5.05. The lowest BCUT2D eigenvalue weighted by atomic mass is 9.91. The number of hydrogen-bond acceptors (Lipinski definition) is 4. The van der Waals surface area contributed by atoms with E-state index in [0.717, 1.165) is 17.2 Å². The van der Waals surface area contributed by atoms with Crippen LogP contribution in [0.25, 0.3) is 0 Å². The van der Waals surface area contributed by atoms with Crippen LogP contribution in [0.3, 0.4) is 0 Å². The first-order chi connectivity index (χ1) is 9.26. The summed E-state index contributed by atoms with van der Waals surface area (Å²) in [6, 6.07) is 7.12. The SMILES string of the molecule is CNC1CCC(Nc2ccc(OC)cc2OC)CC1. The maximum Gasteiger partial charge on any atom is 0.145 e. The molecule has 0 saturated heterocycles. The Labute approximate surface area is 115 Å². The van der Waals surface area contributed by atoms with Crippen LogP contribution in [0.15, 0.2) is 18.2 Å². The molecule has 2 rings (SSSR count). The van der Waals surface area contributed by atoms with Crippen LogP contribution in [0.1, 0.15) is 25.7 Å². The van der Waals surface area contributed by atoms with Crippen LogP contribution in [-0.2, 0) is 0 Å². The fourth-order valence-electron chi connectivity index (χ4n) is 2.66. The van der Waals surface area contributed by atoms with Gasteiger partial charge in [0.05, 0.1) is 19.9 Å². The van der Waals surface area contributed by atoms with Gasteiger partial charge in [0, 0.05) is 18.2 Å². The predicted octanol–water partition coefficient (Wildman–Crippen LogP) is 2.65. The highest BCUT2D eigenvalue weighted by atomic mass is 16.5. The zero-order valence-electron chi connectivity index (χ0n) is 12.0. The number of rotatable bonds is 5. The summed E-state index contributed by atoms with van der Waals surface area (Å²) in [5.41, 5.74) is 1.05. The van der Waals surface area contributed by atoms with Crippen molar-refractivity contribution in [1.29, 1.82) is 0 Å². The van der Waals surface area contributed by atoms with Crippen molar-refractivity contribution >= 4 is 5.69 Å². The summed E-state index contributed by atoms with van der Waals surface area (Å²) in [5, 5.41) is 6.94. The Morgan fingerprint density at radius 1 is 1.00 bits per heavy atom. The Hall–Kier alpha value is -1.42. The molecule has 1 aliphatic carbocycles. The minimum Gasteiger partial charge on any atom is -0.497 e. The van der Waals surface area contributed by atoms with Gasteiger partial charge in [0.2, 0.25) is 0 Å². The minimum atomic E-state index is 0.534. The summed E-state index contributed by atoms with van der Waals surface area (Å²) in [5.74, 6) is 1.66. The molecular formula is C15H24N2O2. The summed E-state index contributed by atoms with van der Waals surface area (Å²) in [6.45, 7) is 0. The molecule has 1 aliphatic rings. The molecule has 0 amide bonds. The van der Waals surface area contributed by atoms with Crippen molar-refractivity contribution in [1.82, 2.24) is 5.32 Å². The maximum absolute atomic E-state index is 5.42. The molecule has 0 aliphatic heterocycles. The van der Waals surface area contributed by atoms with Gasteiger partial charge in [0.1, 0.15) is 11.5 Å². The molecule has 4 nitrogen and oxygen atoms in total. The average Bonchev–Trinajstić information content (AvgIpc) is 2.48. The van der Waals surface area contributed by atoms with E-state index < -0.39 is 0 Å². The van der Waals surface area contributed by atoms with E-state index in [-0.39, 0.29) is 0 Å². The van der Waals surface area contributed by atoms with E-state index in [2.05, 4.69) is 10.6 Å². The van der Waals surface area contributed by atoms with Crippen LogP contribution in [-0.4, -0.2) is 33.4 Å². The molecule has 2 N–H and O–H groups in total. The topological polar surface area (TPSA) is 42.5 Å². The fourth-order valence-corrected chi connectivity index (χ4v) is 2.66. The molecule has 106 valence electrons. The zero-order chi connectivity index (χ0) is 13.7. The van der Waals surface area contributed by atoms with E-state index in [0.29, 0.717) is 12.1 Å². The third-order valence-electron chi connectivity index (χ3n) is 3.90. The van der Waals surface area contributed by atoms with Gasteiger partial charge in [-0.2, -0.15) is 0 Å². The lowest BCUT2D eigenvalue weighted by Crippen LogP contribution is -2.35. The van der Waals surface area contributed by atoms with Crippen molar-refractivity contribution in [3.63, 3.8) is 0 Å². The second-order valence-corrected chi connectivity index (χ2v) is 5.05. The van der Waals surface area contributed by atoms with Crippen molar-refractivity contribution in [3.8, 4) is 11.5 Å². The van der Waals surface area contributed by atoms with Crippen LogP contribution in [0, 0.1) is 0 Å². The lowest BCUT2D eigenvalue weighted by Gasteiger charge is -2.30. The number of ether oxygens (including phenoxy) is 2. The van der Waals surface area contributed by atoms with E-state index in [9.17, 15) is 0 Å². The van der Waals surface area contributed by atoms with E-state index >= 15 is 0 Å². The third kappa shape index (κ3) is 3.53. The Bertz CT molecular complexity index is 401. The molecule has 0 radical (unpaired) electrons. The summed E-state index contributed by atoms with van der Waals surface area (Å²) < 4.78 is 10.6. The highest BCUT2D eigenvalue weighted by molar-refractivity contribution is 5.59. The normalized spacial score (nSPS) is 22.9. The average molecular weight is 264 g/mol. The van der Waals surface area contributed by atoms with Crippen molar-refractivity contribution in [2.45, 2.75) is 37.8 Å². The van der Waals surface area contributed by atoms with Crippen molar-refractivity contribution in [2.24, 2.45) is 0 Å². The highest BCUT2D eigenvalue weighted by Gasteiger charge is 2.20. The Balaban J connectivity index is 1.99. The van der Waals surface area contributed by atoms with Crippen LogP contribution in [0.2, 0.25) is 0 Å². The van der Waals surface area contributed by atoms with Gasteiger partial charge in [0.25, 0.3) is 0 Å². The van der Waals surface area contributed by atoms with E-state index in [4.69, 9.17) is 9.47 Å². The van der Waals surface area contributed by atoms with Gasteiger partial charge in [-0.1, -0.05) is 0 Å². The third-order valence-corrected chi connectivity index (χ3v) is 3.90. The molecule has 1 fully saturated rings. The minimum absolute atomic E-state index is 0.534. The summed E-state index contributed by atoms with van der Waals surface area (Å²) in [7, 11) is 5.41. The van der Waals surface area contributed by atoms with Gasteiger partial charge in [-0.3, -0.25) is 0 Å². The van der Waals surface area contributed by atoms with Crippen LogP contribution in [0.4, 0.5) is 5.69 Å². The zero-order valence-corrected chi connectivity index (χ0v) is 12.0. The first kappa shape index (κ1) is 14.0. The molecule has 4 heteroatoms. The summed E-state index contributed by atoms with van der Waals surface area (Å²) >= 11 is 0. The van der Waals surface area contributed by atoms with Gasteiger partial charge in [-0.05, 0) is 44.9 Å². The number of hydrogen-bond donors (Lipinski definition) is 2. The second kappa shape index (κ2) is 6.66. The van der Waals surface area contributed by atoms with Crippen molar-refractivity contribution < 1.29 is 9.47 Å². The fraction of sp³-hybridized carbons (Fsp3) is 0.600. The molecule has 0 bridgehead atoms. The monoisotopic (exact) mass is 264 g/mol. The van der Waals surface area contributed by atoms with Crippen LogP contribution >= 0.6 is 0 Å². The smallest absolute Gasteiger partial charge is 0.145 e. The molecule has 1 aromatic rings. The van der Waals surface area contributed by atoms with Gasteiger partial charge in [0.15, 0.2) is 0 Å². The van der Waals surface area contributed by atoms with Gasteiger partial charge in [-0.15, -0.1) is 0 Å². The lowest BCUT2D eigenvalue weighted by molar-refractivity contribution is 0.368. The standard InChI is InChI=1S/C15H24N2O2/c1-16-11-4-6-12(7-5-11)17-14-9-8-13(18-2)10-15(14)19-3/h8-12,16-17H,4-7H2,1-3H3. The molecule has 0 atom stereocenters. The van der Waals surface area contributed by atoms with Crippen molar-refractivity contribution in [2.75, 3.05) is 26.6 Å².